The van der Waals surface area contributed by atoms with Crippen LogP contribution in [0.2, 0.25) is 0 Å². The molecule has 0 bridgehead atoms. The van der Waals surface area contributed by atoms with Gasteiger partial charge < -0.3 is 14.8 Å². The van der Waals surface area contributed by atoms with Gasteiger partial charge in [-0.1, -0.05) is 18.2 Å². The van der Waals surface area contributed by atoms with Crippen molar-refractivity contribution in [2.75, 3.05) is 47.0 Å². The number of hydrogen-bond donors (Lipinski definition) is 2. The Balaban J connectivity index is 1.45. The number of methoxy groups -OCH3 is 2. The van der Waals surface area contributed by atoms with Crippen LogP contribution in [0.15, 0.2) is 53.4 Å². The van der Waals surface area contributed by atoms with Gasteiger partial charge in [-0.3, -0.25) is 9.69 Å². The fourth-order valence-electron chi connectivity index (χ4n) is 3.84. The first-order chi connectivity index (χ1) is 15.9. The minimum absolute atomic E-state index is 0.0677. The summed E-state index contributed by atoms with van der Waals surface area (Å²) in [6, 6.07) is 14.2. The van der Waals surface area contributed by atoms with E-state index >= 15 is 0 Å². The molecule has 0 radical (unpaired) electrons. The predicted octanol–water partition coefficient (Wildman–Crippen LogP) is 2.26. The Morgan fingerprint density at radius 2 is 1.82 bits per heavy atom. The fourth-order valence-corrected chi connectivity index (χ4v) is 4.90. The summed E-state index contributed by atoms with van der Waals surface area (Å²) in [5, 5.41) is 2.97. The number of piperidine rings is 1. The number of sulfonamides is 1. The van der Waals surface area contributed by atoms with Crippen LogP contribution >= 0.6 is 0 Å². The van der Waals surface area contributed by atoms with Crippen LogP contribution in [-0.4, -0.2) is 66.2 Å². The normalized spacial score (nSPS) is 15.3. The van der Waals surface area contributed by atoms with Gasteiger partial charge in [-0.15, -0.1) is 0 Å². The smallest absolute Gasteiger partial charge is 0.251 e. The predicted molar refractivity (Wildman–Crippen MR) is 127 cm³/mol. The Bertz CT molecular complexity index is 1000. The second kappa shape index (κ2) is 12.1. The number of likely N-dealkylation sites (tertiary alicyclic amines) is 1. The molecule has 0 spiro atoms. The highest BCUT2D eigenvalue weighted by Gasteiger charge is 2.21. The molecule has 8 nitrogen and oxygen atoms in total. The largest absolute Gasteiger partial charge is 0.497 e. The average Bonchev–Trinajstić information content (AvgIpc) is 2.84. The van der Waals surface area contributed by atoms with E-state index in [1.165, 1.54) is 24.8 Å². The number of hydrogen-bond acceptors (Lipinski definition) is 6. The zero-order valence-electron chi connectivity index (χ0n) is 19.2. The summed E-state index contributed by atoms with van der Waals surface area (Å²) >= 11 is 0. The number of nitrogens with one attached hydrogen (secondary N) is 2. The van der Waals surface area contributed by atoms with E-state index in [-0.39, 0.29) is 24.0 Å². The van der Waals surface area contributed by atoms with E-state index in [1.54, 1.807) is 19.2 Å². The SMILES string of the molecule is COCCNS(=O)(=O)c1cccc(C(=O)NCC2CCN(Cc3ccc(OC)cc3)CC2)c1. The van der Waals surface area contributed by atoms with Crippen molar-refractivity contribution in [2.24, 2.45) is 5.92 Å². The van der Waals surface area contributed by atoms with Crippen molar-refractivity contribution in [3.63, 3.8) is 0 Å². The lowest BCUT2D eigenvalue weighted by Gasteiger charge is -2.32. The number of amides is 1. The maximum atomic E-state index is 12.6. The molecular weight excluding hydrogens is 442 g/mol. The minimum Gasteiger partial charge on any atom is -0.497 e. The van der Waals surface area contributed by atoms with E-state index in [0.717, 1.165) is 38.2 Å². The Morgan fingerprint density at radius 1 is 1.09 bits per heavy atom. The van der Waals surface area contributed by atoms with Crippen LogP contribution in [0, 0.1) is 5.92 Å². The molecule has 0 atom stereocenters. The molecule has 1 fully saturated rings. The third-order valence-electron chi connectivity index (χ3n) is 5.83. The first kappa shape index (κ1) is 25.2. The van der Waals surface area contributed by atoms with Crippen LogP contribution in [0.25, 0.3) is 0 Å². The lowest BCUT2D eigenvalue weighted by molar-refractivity contribution is 0.0935. The van der Waals surface area contributed by atoms with Gasteiger partial charge in [0.25, 0.3) is 5.91 Å². The summed E-state index contributed by atoms with van der Waals surface area (Å²) in [4.78, 5) is 15.1. The van der Waals surface area contributed by atoms with Gasteiger partial charge in [-0.05, 0) is 67.7 Å². The second-order valence-corrected chi connectivity index (χ2v) is 9.96. The summed E-state index contributed by atoms with van der Waals surface area (Å²) in [6.45, 7) is 3.90. The first-order valence-corrected chi connectivity index (χ1v) is 12.6. The summed E-state index contributed by atoms with van der Waals surface area (Å²) in [5.41, 5.74) is 1.59. The highest BCUT2D eigenvalue weighted by molar-refractivity contribution is 7.89. The number of ether oxygens (including phenoxy) is 2. The van der Waals surface area contributed by atoms with Gasteiger partial charge in [0.15, 0.2) is 0 Å². The minimum atomic E-state index is -3.68. The van der Waals surface area contributed by atoms with Crippen molar-refractivity contribution in [2.45, 2.75) is 24.3 Å². The van der Waals surface area contributed by atoms with Crippen LogP contribution in [-0.2, 0) is 21.3 Å². The summed E-state index contributed by atoms with van der Waals surface area (Å²) in [6.07, 6.45) is 2.02. The van der Waals surface area contributed by atoms with Crippen molar-refractivity contribution >= 4 is 15.9 Å². The monoisotopic (exact) mass is 475 g/mol. The zero-order chi connectivity index (χ0) is 23.7. The highest BCUT2D eigenvalue weighted by atomic mass is 32.2. The van der Waals surface area contributed by atoms with Crippen LogP contribution < -0.4 is 14.8 Å². The summed E-state index contributed by atoms with van der Waals surface area (Å²) < 4.78 is 37.3. The molecule has 33 heavy (non-hydrogen) atoms. The molecule has 3 rings (SSSR count). The van der Waals surface area contributed by atoms with Gasteiger partial charge in [0.05, 0.1) is 18.6 Å². The lowest BCUT2D eigenvalue weighted by atomic mass is 9.96. The number of nitrogens with zero attached hydrogens (tertiary/aromatic N) is 1. The number of carbonyl (C=O) groups excluding carboxylic acids is 1. The Kier molecular flexibility index (Phi) is 9.25. The highest BCUT2D eigenvalue weighted by Crippen LogP contribution is 2.20. The lowest BCUT2D eigenvalue weighted by Crippen LogP contribution is -2.38. The van der Waals surface area contributed by atoms with Crippen LogP contribution in [0.4, 0.5) is 0 Å². The van der Waals surface area contributed by atoms with Crippen molar-refractivity contribution in [1.82, 2.24) is 14.9 Å². The second-order valence-electron chi connectivity index (χ2n) is 8.20. The maximum Gasteiger partial charge on any atom is 0.251 e. The Hall–Kier alpha value is -2.46. The molecule has 0 saturated carbocycles. The maximum absolute atomic E-state index is 12.6. The molecule has 1 amide bonds. The van der Waals surface area contributed by atoms with Crippen molar-refractivity contribution < 1.29 is 22.7 Å². The third-order valence-corrected chi connectivity index (χ3v) is 7.29. The number of rotatable bonds is 11. The standard InChI is InChI=1S/C24H33N3O5S/c1-31-15-12-26-33(29,30)23-5-3-4-21(16-23)24(28)25-17-19-10-13-27(14-11-19)18-20-6-8-22(32-2)9-7-20/h3-9,16,19,26H,10-15,17-18H2,1-2H3,(H,25,28). The zero-order valence-corrected chi connectivity index (χ0v) is 20.1. The van der Waals surface area contributed by atoms with Crippen LogP contribution in [0.1, 0.15) is 28.8 Å². The van der Waals surface area contributed by atoms with Gasteiger partial charge in [-0.2, -0.15) is 0 Å². The Morgan fingerprint density at radius 3 is 2.48 bits per heavy atom. The molecule has 0 aromatic heterocycles. The van der Waals surface area contributed by atoms with E-state index in [1.807, 2.05) is 12.1 Å². The average molecular weight is 476 g/mol. The molecule has 9 heteroatoms. The van der Waals surface area contributed by atoms with Crippen LogP contribution in [0.3, 0.4) is 0 Å². The van der Waals surface area contributed by atoms with Crippen LogP contribution in [0.5, 0.6) is 5.75 Å². The van der Waals surface area contributed by atoms with E-state index in [0.29, 0.717) is 18.0 Å². The summed E-state index contributed by atoms with van der Waals surface area (Å²) in [5.74, 6) is 1.01. The van der Waals surface area contributed by atoms with Gasteiger partial charge in [0.2, 0.25) is 10.0 Å². The molecule has 2 aromatic carbocycles. The van der Waals surface area contributed by atoms with E-state index in [2.05, 4.69) is 27.1 Å². The molecule has 180 valence electrons. The van der Waals surface area contributed by atoms with Crippen molar-refractivity contribution in [3.8, 4) is 5.75 Å². The Labute approximate surface area is 196 Å². The van der Waals surface area contributed by atoms with Gasteiger partial charge in [-0.25, -0.2) is 13.1 Å². The van der Waals surface area contributed by atoms with Gasteiger partial charge in [0.1, 0.15) is 5.75 Å². The molecule has 2 aromatic rings. The van der Waals surface area contributed by atoms with Crippen molar-refractivity contribution in [1.29, 1.82) is 0 Å². The fraction of sp³-hybridized carbons (Fsp3) is 0.458. The molecule has 1 heterocycles. The van der Waals surface area contributed by atoms with Gasteiger partial charge >= 0.3 is 0 Å². The molecule has 0 unspecified atom stereocenters. The molecule has 1 saturated heterocycles. The third kappa shape index (κ3) is 7.53. The summed E-state index contributed by atoms with van der Waals surface area (Å²) in [7, 11) is -0.513. The quantitative estimate of drug-likeness (QED) is 0.484. The van der Waals surface area contributed by atoms with Crippen molar-refractivity contribution in [3.05, 3.63) is 59.7 Å². The van der Waals surface area contributed by atoms with E-state index in [4.69, 9.17) is 9.47 Å². The van der Waals surface area contributed by atoms with E-state index < -0.39 is 10.0 Å². The number of benzene rings is 2. The molecule has 2 N–H and O–H groups in total. The first-order valence-electron chi connectivity index (χ1n) is 11.1. The van der Waals surface area contributed by atoms with E-state index in [9.17, 15) is 13.2 Å². The molecule has 1 aliphatic rings. The molecular formula is C24H33N3O5S. The molecule has 0 aliphatic carbocycles. The van der Waals surface area contributed by atoms with Gasteiger partial charge in [0, 0.05) is 32.3 Å². The molecule has 1 aliphatic heterocycles. The number of carbonyl (C=O) groups is 1. The topological polar surface area (TPSA) is 97.0 Å².